The molecule has 0 bridgehead atoms. The minimum atomic E-state index is -0.793. The van der Waals surface area contributed by atoms with Gasteiger partial charge in [-0.1, -0.05) is 6.92 Å². The van der Waals surface area contributed by atoms with Gasteiger partial charge >= 0.3 is 5.97 Å². The smallest absolute Gasteiger partial charge is 0.308 e. The predicted octanol–water partition coefficient (Wildman–Crippen LogP) is 0.165. The number of nitrogens with one attached hydrogen (secondary N) is 1. The fourth-order valence-corrected chi connectivity index (χ4v) is 2.08. The van der Waals surface area contributed by atoms with Crippen molar-refractivity contribution in [3.8, 4) is 0 Å². The first-order valence-corrected chi connectivity index (χ1v) is 5.72. The van der Waals surface area contributed by atoms with Gasteiger partial charge in [0.15, 0.2) is 0 Å². The molecule has 2 N–H and O–H groups in total. The summed E-state index contributed by atoms with van der Waals surface area (Å²) in [4.78, 5) is 24.5. The Kier molecular flexibility index (Phi) is 4.73. The maximum absolute atomic E-state index is 11.9. The Morgan fingerprint density at radius 2 is 2.25 bits per heavy atom. The maximum atomic E-state index is 11.9. The molecule has 0 spiro atoms. The van der Waals surface area contributed by atoms with E-state index >= 15 is 0 Å². The van der Waals surface area contributed by atoms with Crippen LogP contribution in [0.5, 0.6) is 0 Å². The first-order chi connectivity index (χ1) is 7.56. The molecule has 1 rings (SSSR count). The Morgan fingerprint density at radius 3 is 2.81 bits per heavy atom. The summed E-state index contributed by atoms with van der Waals surface area (Å²) in [6, 6.07) is 0. The third-order valence-electron chi connectivity index (χ3n) is 3.01. The SMILES string of the molecule is CNCC(C)C(=O)N1CCCC(C(=O)O)C1. The third-order valence-corrected chi connectivity index (χ3v) is 3.01. The lowest BCUT2D eigenvalue weighted by Crippen LogP contribution is -2.45. The minimum absolute atomic E-state index is 0.0558. The Balaban J connectivity index is 2.53. The molecule has 1 aliphatic rings. The van der Waals surface area contributed by atoms with Crippen molar-refractivity contribution in [1.82, 2.24) is 10.2 Å². The Bertz CT molecular complexity index is 268. The highest BCUT2D eigenvalue weighted by molar-refractivity contribution is 5.80. The summed E-state index contributed by atoms with van der Waals surface area (Å²) < 4.78 is 0. The molecule has 2 atom stereocenters. The summed E-state index contributed by atoms with van der Waals surface area (Å²) in [6.45, 7) is 3.55. The van der Waals surface area contributed by atoms with Gasteiger partial charge in [0.25, 0.3) is 0 Å². The number of piperidine rings is 1. The molecule has 1 saturated heterocycles. The summed E-state index contributed by atoms with van der Waals surface area (Å²) in [6.07, 6.45) is 1.47. The van der Waals surface area contributed by atoms with E-state index in [9.17, 15) is 9.59 Å². The second kappa shape index (κ2) is 5.84. The molecular weight excluding hydrogens is 208 g/mol. The average molecular weight is 228 g/mol. The van der Waals surface area contributed by atoms with Crippen LogP contribution >= 0.6 is 0 Å². The van der Waals surface area contributed by atoms with E-state index in [1.807, 2.05) is 6.92 Å². The molecule has 1 amide bonds. The van der Waals surface area contributed by atoms with Crippen molar-refractivity contribution in [2.75, 3.05) is 26.7 Å². The number of carboxylic acids is 1. The summed E-state index contributed by atoms with van der Waals surface area (Å²) in [5.74, 6) is -1.21. The van der Waals surface area contributed by atoms with Gasteiger partial charge in [-0.15, -0.1) is 0 Å². The topological polar surface area (TPSA) is 69.6 Å². The van der Waals surface area contributed by atoms with E-state index in [0.29, 0.717) is 26.1 Å². The van der Waals surface area contributed by atoms with E-state index in [4.69, 9.17) is 5.11 Å². The summed E-state index contributed by atoms with van der Waals surface area (Å²) in [7, 11) is 1.81. The number of rotatable bonds is 4. The van der Waals surface area contributed by atoms with E-state index in [1.165, 1.54) is 0 Å². The average Bonchev–Trinajstić information content (AvgIpc) is 2.28. The normalized spacial score (nSPS) is 22.9. The second-order valence-electron chi connectivity index (χ2n) is 4.42. The molecule has 0 radical (unpaired) electrons. The predicted molar refractivity (Wildman–Crippen MR) is 60.0 cm³/mol. The van der Waals surface area contributed by atoms with Crippen molar-refractivity contribution in [2.45, 2.75) is 19.8 Å². The van der Waals surface area contributed by atoms with Crippen LogP contribution < -0.4 is 5.32 Å². The number of hydrogen-bond donors (Lipinski definition) is 2. The van der Waals surface area contributed by atoms with E-state index < -0.39 is 5.97 Å². The zero-order valence-corrected chi connectivity index (χ0v) is 9.90. The molecule has 0 aromatic carbocycles. The molecule has 92 valence electrons. The summed E-state index contributed by atoms with van der Waals surface area (Å²) >= 11 is 0. The van der Waals surface area contributed by atoms with E-state index in [-0.39, 0.29) is 17.7 Å². The van der Waals surface area contributed by atoms with Crippen LogP contribution in [0.4, 0.5) is 0 Å². The van der Waals surface area contributed by atoms with Crippen molar-refractivity contribution in [3.63, 3.8) is 0 Å². The highest BCUT2D eigenvalue weighted by Gasteiger charge is 2.29. The minimum Gasteiger partial charge on any atom is -0.481 e. The Labute approximate surface area is 95.8 Å². The van der Waals surface area contributed by atoms with Gasteiger partial charge in [0.05, 0.1) is 5.92 Å². The molecular formula is C11H20N2O3. The van der Waals surface area contributed by atoms with Crippen molar-refractivity contribution in [2.24, 2.45) is 11.8 Å². The lowest BCUT2D eigenvalue weighted by atomic mass is 9.97. The first-order valence-electron chi connectivity index (χ1n) is 5.72. The van der Waals surface area contributed by atoms with Gasteiger partial charge in [-0.05, 0) is 19.9 Å². The van der Waals surface area contributed by atoms with Crippen LogP contribution in [0, 0.1) is 11.8 Å². The molecule has 5 heteroatoms. The van der Waals surface area contributed by atoms with Crippen molar-refractivity contribution in [1.29, 1.82) is 0 Å². The van der Waals surface area contributed by atoms with Gasteiger partial charge in [-0.25, -0.2) is 0 Å². The number of amides is 1. The molecule has 0 aliphatic carbocycles. The van der Waals surface area contributed by atoms with Gasteiger partial charge in [0.1, 0.15) is 0 Å². The van der Waals surface area contributed by atoms with Crippen molar-refractivity contribution in [3.05, 3.63) is 0 Å². The number of carboxylic acid groups (broad SMARTS) is 1. The van der Waals surface area contributed by atoms with Crippen LogP contribution in [0.3, 0.4) is 0 Å². The number of nitrogens with zero attached hydrogens (tertiary/aromatic N) is 1. The van der Waals surface area contributed by atoms with Crippen LogP contribution in [-0.2, 0) is 9.59 Å². The number of carbonyl (C=O) groups excluding carboxylic acids is 1. The molecule has 0 aromatic heterocycles. The number of carbonyl (C=O) groups is 2. The van der Waals surface area contributed by atoms with Gasteiger partial charge < -0.3 is 15.3 Å². The van der Waals surface area contributed by atoms with Gasteiger partial charge in [0.2, 0.25) is 5.91 Å². The lowest BCUT2D eigenvalue weighted by Gasteiger charge is -2.32. The van der Waals surface area contributed by atoms with Crippen LogP contribution in [0.1, 0.15) is 19.8 Å². The van der Waals surface area contributed by atoms with Crippen molar-refractivity contribution < 1.29 is 14.7 Å². The van der Waals surface area contributed by atoms with E-state index in [1.54, 1.807) is 11.9 Å². The van der Waals surface area contributed by atoms with Gasteiger partial charge in [-0.2, -0.15) is 0 Å². The second-order valence-corrected chi connectivity index (χ2v) is 4.42. The maximum Gasteiger partial charge on any atom is 0.308 e. The largest absolute Gasteiger partial charge is 0.481 e. The summed E-state index contributed by atoms with van der Waals surface area (Å²) in [5, 5.41) is 11.9. The van der Waals surface area contributed by atoms with Crippen LogP contribution in [0.25, 0.3) is 0 Å². The third kappa shape index (κ3) is 3.20. The molecule has 16 heavy (non-hydrogen) atoms. The molecule has 0 saturated carbocycles. The zero-order chi connectivity index (χ0) is 12.1. The molecule has 2 unspecified atom stereocenters. The Morgan fingerprint density at radius 1 is 1.56 bits per heavy atom. The van der Waals surface area contributed by atoms with Gasteiger partial charge in [-0.3, -0.25) is 9.59 Å². The van der Waals surface area contributed by atoms with Crippen molar-refractivity contribution >= 4 is 11.9 Å². The molecule has 5 nitrogen and oxygen atoms in total. The molecule has 1 fully saturated rings. The fourth-order valence-electron chi connectivity index (χ4n) is 2.08. The van der Waals surface area contributed by atoms with E-state index in [2.05, 4.69) is 5.32 Å². The fraction of sp³-hybridized carbons (Fsp3) is 0.818. The quantitative estimate of drug-likeness (QED) is 0.719. The monoisotopic (exact) mass is 228 g/mol. The van der Waals surface area contributed by atoms with Crippen LogP contribution in [-0.4, -0.2) is 48.6 Å². The first kappa shape index (κ1) is 13.0. The zero-order valence-electron chi connectivity index (χ0n) is 9.90. The molecule has 1 aliphatic heterocycles. The number of hydrogen-bond acceptors (Lipinski definition) is 3. The highest BCUT2D eigenvalue weighted by atomic mass is 16.4. The highest BCUT2D eigenvalue weighted by Crippen LogP contribution is 2.18. The van der Waals surface area contributed by atoms with Crippen LogP contribution in [0.2, 0.25) is 0 Å². The van der Waals surface area contributed by atoms with Gasteiger partial charge in [0, 0.05) is 25.6 Å². The molecule has 0 aromatic rings. The summed E-state index contributed by atoms with van der Waals surface area (Å²) in [5.41, 5.74) is 0. The number of likely N-dealkylation sites (tertiary alicyclic amines) is 1. The molecule has 1 heterocycles. The van der Waals surface area contributed by atoms with E-state index in [0.717, 1.165) is 6.42 Å². The Hall–Kier alpha value is -1.10. The number of aliphatic carboxylic acids is 1. The standard InChI is InChI=1S/C11H20N2O3/c1-8(6-12-2)10(14)13-5-3-4-9(7-13)11(15)16/h8-9,12H,3-7H2,1-2H3,(H,15,16). The van der Waals surface area contributed by atoms with Crippen LogP contribution in [0.15, 0.2) is 0 Å². The lowest BCUT2D eigenvalue weighted by molar-refractivity contribution is -0.146.